The van der Waals surface area contributed by atoms with Crippen LogP contribution in [0.5, 0.6) is 5.88 Å². The minimum atomic E-state index is 0. The second-order valence-electron chi connectivity index (χ2n) is 3.29. The van der Waals surface area contributed by atoms with Crippen LogP contribution in [0.1, 0.15) is 0 Å². The summed E-state index contributed by atoms with van der Waals surface area (Å²) >= 11 is 0. The summed E-state index contributed by atoms with van der Waals surface area (Å²) in [7, 11) is 1.60. The van der Waals surface area contributed by atoms with Crippen molar-refractivity contribution in [1.82, 2.24) is 15.0 Å². The third-order valence-electron chi connectivity index (χ3n) is 2.43. The molecular weight excluding hydrogens is 226 g/mol. The monoisotopic (exact) mass is 235 g/mol. The van der Waals surface area contributed by atoms with E-state index in [9.17, 15) is 0 Å². The van der Waals surface area contributed by atoms with Gasteiger partial charge in [-0.05, 0) is 12.1 Å². The molecule has 0 unspecified atom stereocenters. The predicted molar refractivity (Wildman–Crippen MR) is 65.2 cm³/mol. The SMILES string of the molecule is COc1ccc2c(ncc3cc[nH]c32)n1.Cl. The molecule has 0 aliphatic heterocycles. The highest BCUT2D eigenvalue weighted by Crippen LogP contribution is 2.22. The molecule has 0 bridgehead atoms. The molecule has 0 fully saturated rings. The van der Waals surface area contributed by atoms with E-state index in [4.69, 9.17) is 4.74 Å². The lowest BCUT2D eigenvalue weighted by molar-refractivity contribution is 0.399. The van der Waals surface area contributed by atoms with E-state index < -0.39 is 0 Å². The average Bonchev–Trinajstić information content (AvgIpc) is 2.76. The number of halogens is 1. The molecule has 0 atom stereocenters. The Kier molecular flexibility index (Phi) is 2.66. The first-order chi connectivity index (χ1) is 7.38. The van der Waals surface area contributed by atoms with Crippen molar-refractivity contribution in [3.05, 3.63) is 30.6 Å². The van der Waals surface area contributed by atoms with E-state index >= 15 is 0 Å². The lowest BCUT2D eigenvalue weighted by Gasteiger charge is -2.01. The number of methoxy groups -OCH3 is 1. The Morgan fingerprint density at radius 1 is 1.25 bits per heavy atom. The summed E-state index contributed by atoms with van der Waals surface area (Å²) in [4.78, 5) is 11.7. The molecule has 0 saturated carbocycles. The molecule has 0 amide bonds. The van der Waals surface area contributed by atoms with Gasteiger partial charge >= 0.3 is 0 Å². The fraction of sp³-hybridized carbons (Fsp3) is 0.0909. The van der Waals surface area contributed by atoms with Crippen LogP contribution in [0.15, 0.2) is 30.6 Å². The van der Waals surface area contributed by atoms with Crippen LogP contribution in [0, 0.1) is 0 Å². The van der Waals surface area contributed by atoms with Crippen molar-refractivity contribution in [1.29, 1.82) is 0 Å². The van der Waals surface area contributed by atoms with E-state index in [2.05, 4.69) is 15.0 Å². The fourth-order valence-electron chi connectivity index (χ4n) is 1.69. The number of nitrogens with zero attached hydrogens (tertiary/aromatic N) is 2. The van der Waals surface area contributed by atoms with Crippen LogP contribution in [0.4, 0.5) is 0 Å². The zero-order valence-electron chi connectivity index (χ0n) is 8.60. The third kappa shape index (κ3) is 1.47. The molecule has 0 aromatic carbocycles. The predicted octanol–water partition coefficient (Wildman–Crippen LogP) is 2.54. The van der Waals surface area contributed by atoms with E-state index in [-0.39, 0.29) is 12.4 Å². The summed E-state index contributed by atoms with van der Waals surface area (Å²) in [5.74, 6) is 0.584. The first-order valence-corrected chi connectivity index (χ1v) is 4.65. The van der Waals surface area contributed by atoms with Gasteiger partial charge in [-0.2, -0.15) is 4.98 Å². The summed E-state index contributed by atoms with van der Waals surface area (Å²) in [6.07, 6.45) is 3.70. The lowest BCUT2D eigenvalue weighted by Crippen LogP contribution is -1.90. The zero-order valence-corrected chi connectivity index (χ0v) is 9.41. The maximum atomic E-state index is 5.05. The molecule has 4 nitrogen and oxygen atoms in total. The number of ether oxygens (including phenoxy) is 1. The number of H-pyrrole nitrogens is 1. The summed E-state index contributed by atoms with van der Waals surface area (Å²) in [6.45, 7) is 0. The van der Waals surface area contributed by atoms with Crippen molar-refractivity contribution >= 4 is 34.3 Å². The Morgan fingerprint density at radius 3 is 2.94 bits per heavy atom. The van der Waals surface area contributed by atoms with Gasteiger partial charge in [-0.3, -0.25) is 0 Å². The fourth-order valence-corrected chi connectivity index (χ4v) is 1.69. The van der Waals surface area contributed by atoms with Crippen LogP contribution in [-0.4, -0.2) is 22.1 Å². The van der Waals surface area contributed by atoms with Gasteiger partial charge in [-0.25, -0.2) is 4.98 Å². The van der Waals surface area contributed by atoms with Gasteiger partial charge in [0.15, 0.2) is 5.65 Å². The summed E-state index contributed by atoms with van der Waals surface area (Å²) in [5, 5.41) is 2.10. The Labute approximate surface area is 98.1 Å². The Hall–Kier alpha value is -1.81. The third-order valence-corrected chi connectivity index (χ3v) is 2.43. The van der Waals surface area contributed by atoms with Gasteiger partial charge in [0.25, 0.3) is 0 Å². The molecule has 3 rings (SSSR count). The maximum Gasteiger partial charge on any atom is 0.215 e. The van der Waals surface area contributed by atoms with Crippen molar-refractivity contribution in [3.8, 4) is 5.88 Å². The van der Waals surface area contributed by atoms with Crippen molar-refractivity contribution in [3.63, 3.8) is 0 Å². The number of aromatic nitrogens is 3. The number of hydrogen-bond donors (Lipinski definition) is 1. The highest BCUT2D eigenvalue weighted by atomic mass is 35.5. The second kappa shape index (κ2) is 3.98. The quantitative estimate of drug-likeness (QED) is 0.705. The van der Waals surface area contributed by atoms with Gasteiger partial charge in [0.2, 0.25) is 5.88 Å². The van der Waals surface area contributed by atoms with Gasteiger partial charge in [0.05, 0.1) is 12.6 Å². The Morgan fingerprint density at radius 2 is 2.12 bits per heavy atom. The van der Waals surface area contributed by atoms with E-state index in [1.165, 1.54) is 0 Å². The molecule has 0 radical (unpaired) electrons. The molecule has 0 aliphatic carbocycles. The number of rotatable bonds is 1. The Bertz CT molecular complexity index is 635. The van der Waals surface area contributed by atoms with Crippen LogP contribution in [0.3, 0.4) is 0 Å². The smallest absolute Gasteiger partial charge is 0.215 e. The van der Waals surface area contributed by atoms with Crippen molar-refractivity contribution in [2.75, 3.05) is 7.11 Å². The molecule has 0 saturated heterocycles. The standard InChI is InChI=1S/C11H9N3O.ClH/c1-15-9-3-2-8-10-7(4-5-12-10)6-13-11(8)14-9;/h2-6,12H,1H3;1H. The van der Waals surface area contributed by atoms with Gasteiger partial charge in [0.1, 0.15) is 0 Å². The number of hydrogen-bond acceptors (Lipinski definition) is 3. The summed E-state index contributed by atoms with van der Waals surface area (Å²) < 4.78 is 5.05. The Balaban J connectivity index is 0.000000963. The number of nitrogens with one attached hydrogen (secondary N) is 1. The molecule has 16 heavy (non-hydrogen) atoms. The normalized spacial score (nSPS) is 10.3. The molecule has 1 N–H and O–H groups in total. The van der Waals surface area contributed by atoms with E-state index in [0.717, 1.165) is 16.3 Å². The molecule has 0 aliphatic rings. The van der Waals surface area contributed by atoms with Crippen molar-refractivity contribution in [2.24, 2.45) is 0 Å². The summed E-state index contributed by atoms with van der Waals surface area (Å²) in [6, 6.07) is 5.79. The minimum Gasteiger partial charge on any atom is -0.481 e. The first-order valence-electron chi connectivity index (χ1n) is 4.65. The van der Waals surface area contributed by atoms with E-state index in [0.29, 0.717) is 11.5 Å². The minimum absolute atomic E-state index is 0. The molecule has 3 heterocycles. The largest absolute Gasteiger partial charge is 0.481 e. The second-order valence-corrected chi connectivity index (χ2v) is 3.29. The maximum absolute atomic E-state index is 5.05. The topological polar surface area (TPSA) is 50.8 Å². The van der Waals surface area contributed by atoms with Crippen molar-refractivity contribution in [2.45, 2.75) is 0 Å². The van der Waals surface area contributed by atoms with Crippen LogP contribution in [0.2, 0.25) is 0 Å². The summed E-state index contributed by atoms with van der Waals surface area (Å²) in [5.41, 5.74) is 1.76. The molecule has 3 aromatic rings. The van der Waals surface area contributed by atoms with Crippen LogP contribution in [0.25, 0.3) is 21.9 Å². The molecule has 82 valence electrons. The van der Waals surface area contributed by atoms with Crippen molar-refractivity contribution < 1.29 is 4.74 Å². The van der Waals surface area contributed by atoms with Crippen LogP contribution in [-0.2, 0) is 0 Å². The first kappa shape index (κ1) is 10.7. The number of fused-ring (bicyclic) bond motifs is 3. The van der Waals surface area contributed by atoms with Gasteiger partial charge in [0, 0.05) is 29.2 Å². The van der Waals surface area contributed by atoms with Gasteiger partial charge in [-0.15, -0.1) is 12.4 Å². The number of pyridine rings is 2. The zero-order chi connectivity index (χ0) is 10.3. The lowest BCUT2D eigenvalue weighted by atomic mass is 10.2. The van der Waals surface area contributed by atoms with E-state index in [1.54, 1.807) is 13.3 Å². The highest BCUT2D eigenvalue weighted by molar-refractivity contribution is 6.01. The van der Waals surface area contributed by atoms with Crippen LogP contribution >= 0.6 is 12.4 Å². The highest BCUT2D eigenvalue weighted by Gasteiger charge is 2.04. The molecular formula is C11H10ClN3O. The van der Waals surface area contributed by atoms with Crippen LogP contribution < -0.4 is 4.74 Å². The number of aromatic amines is 1. The van der Waals surface area contributed by atoms with E-state index in [1.807, 2.05) is 24.4 Å². The molecule has 5 heteroatoms. The van der Waals surface area contributed by atoms with Gasteiger partial charge in [-0.1, -0.05) is 0 Å². The average molecular weight is 236 g/mol. The molecule has 3 aromatic heterocycles. The van der Waals surface area contributed by atoms with Gasteiger partial charge < -0.3 is 9.72 Å². The molecule has 0 spiro atoms.